The Morgan fingerprint density at radius 3 is 2.36 bits per heavy atom. The third-order valence-electron chi connectivity index (χ3n) is 2.71. The highest BCUT2D eigenvalue weighted by Crippen LogP contribution is 2.32. The lowest BCUT2D eigenvalue weighted by Crippen LogP contribution is -2.14. The summed E-state index contributed by atoms with van der Waals surface area (Å²) in [5, 5.41) is 3.74. The van der Waals surface area contributed by atoms with E-state index in [0.717, 1.165) is 10.6 Å². The quantitative estimate of drug-likeness (QED) is 0.562. The van der Waals surface area contributed by atoms with Crippen LogP contribution in [-0.2, 0) is 4.79 Å². The van der Waals surface area contributed by atoms with Gasteiger partial charge in [0.15, 0.2) is 0 Å². The van der Waals surface area contributed by atoms with Crippen molar-refractivity contribution in [2.24, 2.45) is 0 Å². The van der Waals surface area contributed by atoms with Crippen LogP contribution in [0.2, 0.25) is 15.1 Å². The molecule has 0 aromatic heterocycles. The Morgan fingerprint density at radius 2 is 1.73 bits per heavy atom. The Balaban J connectivity index is 1.94. The minimum Gasteiger partial charge on any atom is -0.497 e. The third kappa shape index (κ3) is 4.71. The van der Waals surface area contributed by atoms with Crippen molar-refractivity contribution in [1.82, 2.24) is 0 Å². The standard InChI is InChI=1S/C15H12Cl3NO2S/c1-21-9-2-4-10(5-3-9)22-8-15(20)19-14-7-12(17)11(16)6-13(14)18/h2-7H,8H2,1H3,(H,19,20). The van der Waals surface area contributed by atoms with Crippen LogP contribution in [0.1, 0.15) is 0 Å². The number of anilines is 1. The van der Waals surface area contributed by atoms with E-state index in [-0.39, 0.29) is 11.7 Å². The van der Waals surface area contributed by atoms with Gasteiger partial charge in [0.1, 0.15) is 5.75 Å². The fourth-order valence-corrected chi connectivity index (χ4v) is 2.92. The van der Waals surface area contributed by atoms with E-state index >= 15 is 0 Å². The highest BCUT2D eigenvalue weighted by molar-refractivity contribution is 8.00. The fourth-order valence-electron chi connectivity index (χ4n) is 1.63. The summed E-state index contributed by atoms with van der Waals surface area (Å²) in [5.41, 5.74) is 0.441. The monoisotopic (exact) mass is 375 g/mol. The van der Waals surface area contributed by atoms with Gasteiger partial charge in [-0.3, -0.25) is 4.79 Å². The van der Waals surface area contributed by atoms with E-state index in [1.165, 1.54) is 23.9 Å². The van der Waals surface area contributed by atoms with E-state index < -0.39 is 0 Å². The Bertz CT molecular complexity index is 677. The summed E-state index contributed by atoms with van der Waals surface area (Å²) in [4.78, 5) is 12.9. The number of thioether (sulfide) groups is 1. The Hall–Kier alpha value is -1.07. The zero-order valence-corrected chi connectivity index (χ0v) is 14.6. The van der Waals surface area contributed by atoms with E-state index in [9.17, 15) is 4.79 Å². The number of hydrogen-bond acceptors (Lipinski definition) is 3. The molecule has 2 aromatic carbocycles. The summed E-state index contributed by atoms with van der Waals surface area (Å²) in [6.45, 7) is 0. The molecule has 7 heteroatoms. The Kier molecular flexibility index (Phi) is 6.26. The molecule has 116 valence electrons. The summed E-state index contributed by atoms with van der Waals surface area (Å²) < 4.78 is 5.08. The van der Waals surface area contributed by atoms with Crippen molar-refractivity contribution in [3.05, 3.63) is 51.5 Å². The molecular weight excluding hydrogens is 365 g/mol. The Morgan fingerprint density at radius 1 is 1.09 bits per heavy atom. The van der Waals surface area contributed by atoms with Gasteiger partial charge in [-0.15, -0.1) is 11.8 Å². The van der Waals surface area contributed by atoms with Crippen molar-refractivity contribution in [3.63, 3.8) is 0 Å². The minimum absolute atomic E-state index is 0.180. The summed E-state index contributed by atoms with van der Waals surface area (Å²) in [5.74, 6) is 0.848. The third-order valence-corrected chi connectivity index (χ3v) is 4.76. The first kappa shape index (κ1) is 17.3. The number of ether oxygens (including phenoxy) is 1. The first-order valence-electron chi connectivity index (χ1n) is 6.21. The van der Waals surface area contributed by atoms with Crippen LogP contribution in [0.15, 0.2) is 41.3 Å². The molecule has 0 saturated heterocycles. The maximum atomic E-state index is 12.0. The lowest BCUT2D eigenvalue weighted by Gasteiger charge is -2.09. The van der Waals surface area contributed by atoms with E-state index in [1.807, 2.05) is 24.3 Å². The lowest BCUT2D eigenvalue weighted by molar-refractivity contribution is -0.113. The maximum absolute atomic E-state index is 12.0. The summed E-state index contributed by atoms with van der Waals surface area (Å²) in [7, 11) is 1.61. The van der Waals surface area contributed by atoms with Crippen LogP contribution in [0, 0.1) is 0 Å². The predicted octanol–water partition coefficient (Wildman–Crippen LogP) is 5.39. The highest BCUT2D eigenvalue weighted by atomic mass is 35.5. The number of halogens is 3. The number of methoxy groups -OCH3 is 1. The van der Waals surface area contributed by atoms with Crippen LogP contribution in [0.4, 0.5) is 5.69 Å². The first-order chi connectivity index (χ1) is 10.5. The van der Waals surface area contributed by atoms with E-state index in [2.05, 4.69) is 5.32 Å². The van der Waals surface area contributed by atoms with Crippen LogP contribution in [0.3, 0.4) is 0 Å². The molecule has 0 bridgehead atoms. The molecule has 3 nitrogen and oxygen atoms in total. The van der Waals surface area contributed by atoms with Crippen LogP contribution in [0.5, 0.6) is 5.75 Å². The van der Waals surface area contributed by atoms with E-state index in [0.29, 0.717) is 20.8 Å². The molecular formula is C15H12Cl3NO2S. The number of nitrogens with one attached hydrogen (secondary N) is 1. The molecule has 0 radical (unpaired) electrons. The normalized spacial score (nSPS) is 10.4. The largest absolute Gasteiger partial charge is 0.497 e. The van der Waals surface area contributed by atoms with Gasteiger partial charge in [0.05, 0.1) is 33.6 Å². The van der Waals surface area contributed by atoms with Crippen molar-refractivity contribution in [1.29, 1.82) is 0 Å². The highest BCUT2D eigenvalue weighted by Gasteiger charge is 2.10. The second-order valence-electron chi connectivity index (χ2n) is 4.26. The molecule has 2 rings (SSSR count). The average molecular weight is 377 g/mol. The number of amides is 1. The number of carbonyl (C=O) groups is 1. The van der Waals surface area contributed by atoms with Gasteiger partial charge in [0, 0.05) is 4.90 Å². The summed E-state index contributed by atoms with van der Waals surface area (Å²) in [6.07, 6.45) is 0. The van der Waals surface area contributed by atoms with Gasteiger partial charge in [-0.1, -0.05) is 34.8 Å². The van der Waals surface area contributed by atoms with Crippen molar-refractivity contribution in [2.75, 3.05) is 18.2 Å². The topological polar surface area (TPSA) is 38.3 Å². The van der Waals surface area contributed by atoms with Gasteiger partial charge in [0.2, 0.25) is 5.91 Å². The number of carbonyl (C=O) groups excluding carboxylic acids is 1. The van der Waals surface area contributed by atoms with Crippen molar-refractivity contribution in [3.8, 4) is 5.75 Å². The van der Waals surface area contributed by atoms with Gasteiger partial charge in [-0.25, -0.2) is 0 Å². The van der Waals surface area contributed by atoms with E-state index in [1.54, 1.807) is 7.11 Å². The van der Waals surface area contributed by atoms with Crippen LogP contribution >= 0.6 is 46.6 Å². The minimum atomic E-state index is -0.180. The van der Waals surface area contributed by atoms with Crippen molar-refractivity contribution >= 4 is 58.2 Å². The fraction of sp³-hybridized carbons (Fsp3) is 0.133. The van der Waals surface area contributed by atoms with Crippen LogP contribution < -0.4 is 10.1 Å². The summed E-state index contributed by atoms with van der Waals surface area (Å²) in [6, 6.07) is 10.5. The van der Waals surface area contributed by atoms with Crippen molar-refractivity contribution < 1.29 is 9.53 Å². The molecule has 0 heterocycles. The average Bonchev–Trinajstić information content (AvgIpc) is 2.51. The van der Waals surface area contributed by atoms with E-state index in [4.69, 9.17) is 39.5 Å². The lowest BCUT2D eigenvalue weighted by atomic mass is 10.3. The molecule has 22 heavy (non-hydrogen) atoms. The maximum Gasteiger partial charge on any atom is 0.234 e. The first-order valence-corrected chi connectivity index (χ1v) is 8.33. The second-order valence-corrected chi connectivity index (χ2v) is 6.53. The zero-order chi connectivity index (χ0) is 16.1. The molecule has 2 aromatic rings. The number of hydrogen-bond donors (Lipinski definition) is 1. The smallest absolute Gasteiger partial charge is 0.234 e. The summed E-state index contributed by atoms with van der Waals surface area (Å²) >= 11 is 19.2. The SMILES string of the molecule is COc1ccc(SCC(=O)Nc2cc(Cl)c(Cl)cc2Cl)cc1. The molecule has 1 amide bonds. The second kappa shape index (κ2) is 7.97. The number of benzene rings is 2. The van der Waals surface area contributed by atoms with Crippen LogP contribution in [0.25, 0.3) is 0 Å². The molecule has 0 aliphatic rings. The molecule has 1 N–H and O–H groups in total. The Labute approximate surface area is 147 Å². The molecule has 0 unspecified atom stereocenters. The molecule has 0 fully saturated rings. The van der Waals surface area contributed by atoms with Crippen LogP contribution in [-0.4, -0.2) is 18.8 Å². The molecule has 0 saturated carbocycles. The molecule has 0 aliphatic carbocycles. The molecule has 0 aliphatic heterocycles. The zero-order valence-electron chi connectivity index (χ0n) is 11.5. The number of rotatable bonds is 5. The van der Waals surface area contributed by atoms with Gasteiger partial charge < -0.3 is 10.1 Å². The van der Waals surface area contributed by atoms with Gasteiger partial charge in [-0.05, 0) is 36.4 Å². The van der Waals surface area contributed by atoms with Gasteiger partial charge in [-0.2, -0.15) is 0 Å². The van der Waals surface area contributed by atoms with Gasteiger partial charge >= 0.3 is 0 Å². The molecule has 0 spiro atoms. The molecule has 0 atom stereocenters. The van der Waals surface area contributed by atoms with Gasteiger partial charge in [0.25, 0.3) is 0 Å². The predicted molar refractivity (Wildman–Crippen MR) is 93.8 cm³/mol. The van der Waals surface area contributed by atoms with Crippen molar-refractivity contribution in [2.45, 2.75) is 4.90 Å².